The zero-order valence-corrected chi connectivity index (χ0v) is 12.6. The van der Waals surface area contributed by atoms with E-state index in [4.69, 9.17) is 0 Å². The van der Waals surface area contributed by atoms with Crippen molar-refractivity contribution in [2.24, 2.45) is 0 Å². The maximum Gasteiger partial charge on any atom is 0.254 e. The van der Waals surface area contributed by atoms with Gasteiger partial charge >= 0.3 is 0 Å². The fraction of sp³-hybridized carbons (Fsp3) is 0.312. The monoisotopic (exact) mass is 281 g/mol. The molecule has 0 radical (unpaired) electrons. The summed E-state index contributed by atoms with van der Waals surface area (Å²) < 4.78 is 1.81. The molecule has 0 aliphatic rings. The number of aromatic nitrogens is 4. The Labute approximate surface area is 124 Å². The second kappa shape index (κ2) is 5.52. The van der Waals surface area contributed by atoms with Crippen LogP contribution < -0.4 is 5.32 Å². The van der Waals surface area contributed by atoms with Crippen LogP contribution in [0.1, 0.15) is 29.6 Å². The van der Waals surface area contributed by atoms with Crippen LogP contribution in [0.15, 0.2) is 30.3 Å². The lowest BCUT2D eigenvalue weighted by molar-refractivity contribution is 0.873. The molecule has 0 atom stereocenters. The largest absolute Gasteiger partial charge is 0.366 e. The van der Waals surface area contributed by atoms with Gasteiger partial charge in [0.15, 0.2) is 0 Å². The van der Waals surface area contributed by atoms with Gasteiger partial charge in [-0.3, -0.25) is 0 Å². The lowest BCUT2D eigenvalue weighted by Crippen LogP contribution is -2.11. The van der Waals surface area contributed by atoms with Crippen molar-refractivity contribution in [1.29, 1.82) is 0 Å². The zero-order chi connectivity index (χ0) is 14.8. The molecule has 0 aliphatic heterocycles. The number of fused-ring (bicyclic) bond motifs is 1. The molecule has 108 valence electrons. The van der Waals surface area contributed by atoms with Gasteiger partial charge in [-0.05, 0) is 25.8 Å². The number of nitrogens with one attached hydrogen (secondary N) is 1. The number of hydrogen-bond donors (Lipinski definition) is 1. The minimum atomic E-state index is 0.651. The van der Waals surface area contributed by atoms with Crippen molar-refractivity contribution in [3.05, 3.63) is 53.0 Å². The van der Waals surface area contributed by atoms with Crippen LogP contribution in [0.25, 0.3) is 5.78 Å². The quantitative estimate of drug-likeness (QED) is 0.799. The molecule has 0 fully saturated rings. The fourth-order valence-corrected chi connectivity index (χ4v) is 2.53. The van der Waals surface area contributed by atoms with Crippen LogP contribution in [0.2, 0.25) is 0 Å². The minimum Gasteiger partial charge on any atom is -0.366 e. The highest BCUT2D eigenvalue weighted by Crippen LogP contribution is 2.21. The van der Waals surface area contributed by atoms with E-state index in [9.17, 15) is 0 Å². The molecule has 1 N–H and O–H groups in total. The smallest absolute Gasteiger partial charge is 0.254 e. The number of rotatable bonds is 4. The average Bonchev–Trinajstić information content (AvgIpc) is 2.85. The van der Waals surface area contributed by atoms with Gasteiger partial charge in [-0.2, -0.15) is 9.50 Å². The molecule has 21 heavy (non-hydrogen) atoms. The van der Waals surface area contributed by atoms with Crippen LogP contribution in [0.4, 0.5) is 5.82 Å². The molecule has 1 aromatic carbocycles. The predicted molar refractivity (Wildman–Crippen MR) is 83.4 cm³/mol. The van der Waals surface area contributed by atoms with Gasteiger partial charge in [-0.1, -0.05) is 37.3 Å². The predicted octanol–water partition coefficient (Wildman–Crippen LogP) is 2.92. The Morgan fingerprint density at radius 2 is 1.86 bits per heavy atom. The van der Waals surface area contributed by atoms with Gasteiger partial charge in [-0.15, -0.1) is 5.10 Å². The Bertz CT molecular complexity index is 761. The van der Waals surface area contributed by atoms with Crippen molar-refractivity contribution in [1.82, 2.24) is 19.6 Å². The van der Waals surface area contributed by atoms with Crippen LogP contribution in [0.3, 0.4) is 0 Å². The highest BCUT2D eigenvalue weighted by Gasteiger charge is 2.13. The lowest BCUT2D eigenvalue weighted by atomic mass is 10.1. The van der Waals surface area contributed by atoms with Crippen molar-refractivity contribution >= 4 is 11.6 Å². The van der Waals surface area contributed by atoms with Crippen molar-refractivity contribution in [2.45, 2.75) is 33.7 Å². The summed E-state index contributed by atoms with van der Waals surface area (Å²) in [4.78, 5) is 8.90. The topological polar surface area (TPSA) is 55.1 Å². The van der Waals surface area contributed by atoms with E-state index in [1.807, 2.05) is 36.6 Å². The van der Waals surface area contributed by atoms with Crippen LogP contribution in [0.5, 0.6) is 0 Å². The van der Waals surface area contributed by atoms with E-state index < -0.39 is 0 Å². The third kappa shape index (κ3) is 2.59. The number of benzene rings is 1. The van der Waals surface area contributed by atoms with Gasteiger partial charge in [0.2, 0.25) is 0 Å². The first-order chi connectivity index (χ1) is 10.2. The highest BCUT2D eigenvalue weighted by molar-refractivity contribution is 5.53. The van der Waals surface area contributed by atoms with E-state index in [1.54, 1.807) is 0 Å². The Kier molecular flexibility index (Phi) is 3.56. The summed E-state index contributed by atoms with van der Waals surface area (Å²) in [6.45, 7) is 6.80. The zero-order valence-electron chi connectivity index (χ0n) is 12.6. The molecule has 0 aliphatic carbocycles. The average molecular weight is 281 g/mol. The van der Waals surface area contributed by atoms with Crippen LogP contribution in [-0.2, 0) is 13.0 Å². The molecule has 3 aromatic rings. The first-order valence-electron chi connectivity index (χ1n) is 7.19. The van der Waals surface area contributed by atoms with Crippen LogP contribution in [-0.4, -0.2) is 19.6 Å². The third-order valence-corrected chi connectivity index (χ3v) is 3.55. The second-order valence-corrected chi connectivity index (χ2v) is 5.09. The molecule has 0 saturated carbocycles. The van der Waals surface area contributed by atoms with Crippen LogP contribution >= 0.6 is 0 Å². The third-order valence-electron chi connectivity index (χ3n) is 3.55. The van der Waals surface area contributed by atoms with E-state index in [2.05, 4.69) is 39.4 Å². The molecule has 3 rings (SSSR count). The van der Waals surface area contributed by atoms with Gasteiger partial charge in [0, 0.05) is 17.8 Å². The molecule has 0 spiro atoms. The van der Waals surface area contributed by atoms with E-state index in [-0.39, 0.29) is 0 Å². The molecule has 0 saturated heterocycles. The highest BCUT2D eigenvalue weighted by atomic mass is 15.4. The maximum absolute atomic E-state index is 4.53. The first kappa shape index (κ1) is 13.5. The first-order valence-corrected chi connectivity index (χ1v) is 7.19. The Balaban J connectivity index is 2.02. The van der Waals surface area contributed by atoms with Gasteiger partial charge < -0.3 is 5.32 Å². The maximum atomic E-state index is 4.53. The van der Waals surface area contributed by atoms with Gasteiger partial charge in [0.1, 0.15) is 11.6 Å². The molecule has 0 amide bonds. The van der Waals surface area contributed by atoms with Gasteiger partial charge in [-0.25, -0.2) is 4.98 Å². The fourth-order valence-electron chi connectivity index (χ4n) is 2.53. The summed E-state index contributed by atoms with van der Waals surface area (Å²) in [5.41, 5.74) is 3.43. The standard InChI is InChI=1S/C16H19N5/c1-4-14-11(2)18-16-19-12(3)20-21(16)15(14)17-10-13-8-6-5-7-9-13/h5-9,17H,4,10H2,1-3H3. The SMILES string of the molecule is CCc1c(C)nc2nc(C)nn2c1NCc1ccccc1. The normalized spacial score (nSPS) is 11.0. The lowest BCUT2D eigenvalue weighted by Gasteiger charge is -2.14. The molecule has 0 unspecified atom stereocenters. The number of aryl methyl sites for hydroxylation is 2. The minimum absolute atomic E-state index is 0.651. The Morgan fingerprint density at radius 1 is 1.10 bits per heavy atom. The van der Waals surface area contributed by atoms with Crippen molar-refractivity contribution in [3.8, 4) is 0 Å². The number of anilines is 1. The molecule has 2 aromatic heterocycles. The molecule has 5 nitrogen and oxygen atoms in total. The molecular weight excluding hydrogens is 262 g/mol. The number of nitrogens with zero attached hydrogens (tertiary/aromatic N) is 4. The molecule has 2 heterocycles. The summed E-state index contributed by atoms with van der Waals surface area (Å²) in [6, 6.07) is 10.3. The van der Waals surface area contributed by atoms with E-state index in [0.29, 0.717) is 5.78 Å². The van der Waals surface area contributed by atoms with Crippen molar-refractivity contribution in [2.75, 3.05) is 5.32 Å². The van der Waals surface area contributed by atoms with Gasteiger partial charge in [0.25, 0.3) is 5.78 Å². The number of hydrogen-bond acceptors (Lipinski definition) is 4. The summed E-state index contributed by atoms with van der Waals surface area (Å²) in [5.74, 6) is 2.38. The molecular formula is C16H19N5. The summed E-state index contributed by atoms with van der Waals surface area (Å²) >= 11 is 0. The summed E-state index contributed by atoms with van der Waals surface area (Å²) in [6.07, 6.45) is 0.908. The van der Waals surface area contributed by atoms with Crippen molar-refractivity contribution in [3.63, 3.8) is 0 Å². The molecule has 5 heteroatoms. The van der Waals surface area contributed by atoms with Crippen LogP contribution in [0, 0.1) is 13.8 Å². The van der Waals surface area contributed by atoms with E-state index in [0.717, 1.165) is 30.3 Å². The van der Waals surface area contributed by atoms with E-state index >= 15 is 0 Å². The second-order valence-electron chi connectivity index (χ2n) is 5.09. The van der Waals surface area contributed by atoms with Crippen molar-refractivity contribution < 1.29 is 0 Å². The molecule has 0 bridgehead atoms. The van der Waals surface area contributed by atoms with Gasteiger partial charge in [0.05, 0.1) is 0 Å². The summed E-state index contributed by atoms with van der Waals surface area (Å²) in [5, 5.41) is 7.95. The summed E-state index contributed by atoms with van der Waals surface area (Å²) in [7, 11) is 0. The van der Waals surface area contributed by atoms with E-state index in [1.165, 1.54) is 11.1 Å². The Hall–Kier alpha value is -2.43. The Morgan fingerprint density at radius 3 is 2.57 bits per heavy atom.